The van der Waals surface area contributed by atoms with Crippen LogP contribution in [0.2, 0.25) is 0 Å². The summed E-state index contributed by atoms with van der Waals surface area (Å²) in [6.45, 7) is 7.06. The van der Waals surface area contributed by atoms with Crippen LogP contribution in [-0.2, 0) is 13.6 Å². The molecule has 0 saturated carbocycles. The highest BCUT2D eigenvalue weighted by Gasteiger charge is 2.35. The molecule has 0 aliphatic rings. The standard InChI is InChI=1S/C12H22N3O2/c1-12(2,3)15(5,6)9-11-10(14(16)17)7-8-13(11)4/h7-8H,9H2,1-6H3/q+1. The summed E-state index contributed by atoms with van der Waals surface area (Å²) in [5, 5.41) is 11.0. The fraction of sp³-hybridized carbons (Fsp3) is 0.667. The van der Waals surface area contributed by atoms with E-state index in [4.69, 9.17) is 0 Å². The second-order valence-electron chi connectivity index (χ2n) is 6.03. The molecule has 1 aromatic heterocycles. The molecule has 17 heavy (non-hydrogen) atoms. The first-order chi connectivity index (χ1) is 7.56. The zero-order chi connectivity index (χ0) is 13.4. The largest absolute Gasteiger partial charge is 0.344 e. The summed E-state index contributed by atoms with van der Waals surface area (Å²) < 4.78 is 2.54. The quantitative estimate of drug-likeness (QED) is 0.462. The van der Waals surface area contributed by atoms with Crippen molar-refractivity contribution in [2.75, 3.05) is 14.1 Å². The van der Waals surface area contributed by atoms with Crippen LogP contribution in [0.1, 0.15) is 26.5 Å². The summed E-state index contributed by atoms with van der Waals surface area (Å²) in [6.07, 6.45) is 1.75. The fourth-order valence-electron chi connectivity index (χ4n) is 1.52. The van der Waals surface area contributed by atoms with Crippen molar-refractivity contribution in [3.63, 3.8) is 0 Å². The van der Waals surface area contributed by atoms with Crippen molar-refractivity contribution >= 4 is 5.69 Å². The zero-order valence-corrected chi connectivity index (χ0v) is 11.5. The molecule has 96 valence electrons. The van der Waals surface area contributed by atoms with Crippen LogP contribution in [0.15, 0.2) is 12.3 Å². The van der Waals surface area contributed by atoms with Gasteiger partial charge in [0.1, 0.15) is 6.54 Å². The van der Waals surface area contributed by atoms with E-state index >= 15 is 0 Å². The van der Waals surface area contributed by atoms with Gasteiger partial charge in [-0.15, -0.1) is 0 Å². The van der Waals surface area contributed by atoms with Gasteiger partial charge in [0, 0.05) is 19.3 Å². The van der Waals surface area contributed by atoms with Crippen molar-refractivity contribution < 1.29 is 9.41 Å². The van der Waals surface area contributed by atoms with Crippen LogP contribution in [0.4, 0.5) is 5.69 Å². The highest BCUT2D eigenvalue weighted by Crippen LogP contribution is 2.27. The van der Waals surface area contributed by atoms with E-state index in [0.29, 0.717) is 11.0 Å². The van der Waals surface area contributed by atoms with Gasteiger partial charge >= 0.3 is 0 Å². The molecule has 0 aromatic carbocycles. The monoisotopic (exact) mass is 240 g/mol. The number of quaternary nitrogens is 1. The lowest BCUT2D eigenvalue weighted by atomic mass is 10.0. The molecule has 1 rings (SSSR count). The Labute approximate surface area is 102 Å². The highest BCUT2D eigenvalue weighted by atomic mass is 16.6. The van der Waals surface area contributed by atoms with Crippen LogP contribution < -0.4 is 0 Å². The number of hydrogen-bond acceptors (Lipinski definition) is 2. The van der Waals surface area contributed by atoms with E-state index < -0.39 is 0 Å². The van der Waals surface area contributed by atoms with E-state index in [1.807, 2.05) is 11.6 Å². The van der Waals surface area contributed by atoms with E-state index in [1.54, 1.807) is 12.3 Å². The summed E-state index contributed by atoms with van der Waals surface area (Å²) in [6, 6.07) is 1.57. The average Bonchev–Trinajstić information content (AvgIpc) is 2.45. The molecule has 0 radical (unpaired) electrons. The number of nitrogens with zero attached hydrogens (tertiary/aromatic N) is 3. The average molecular weight is 240 g/mol. The summed E-state index contributed by atoms with van der Waals surface area (Å²) in [5.74, 6) is 0. The van der Waals surface area contributed by atoms with E-state index in [1.165, 1.54) is 0 Å². The predicted molar refractivity (Wildman–Crippen MR) is 67.6 cm³/mol. The minimum Gasteiger partial charge on any atom is -0.344 e. The van der Waals surface area contributed by atoms with Crippen molar-refractivity contribution in [3.05, 3.63) is 28.1 Å². The van der Waals surface area contributed by atoms with Crippen molar-refractivity contribution in [2.45, 2.75) is 32.9 Å². The number of aromatic nitrogens is 1. The van der Waals surface area contributed by atoms with Crippen LogP contribution in [0.3, 0.4) is 0 Å². The number of rotatable bonds is 3. The minimum absolute atomic E-state index is 0.0398. The Kier molecular flexibility index (Phi) is 3.34. The predicted octanol–water partition coefficient (Wildman–Crippen LogP) is 2.31. The summed E-state index contributed by atoms with van der Waals surface area (Å²) in [5.41, 5.74) is 1.02. The van der Waals surface area contributed by atoms with E-state index in [2.05, 4.69) is 34.9 Å². The molecule has 0 saturated heterocycles. The summed E-state index contributed by atoms with van der Waals surface area (Å²) >= 11 is 0. The van der Waals surface area contributed by atoms with Gasteiger partial charge in [0.2, 0.25) is 0 Å². The lowest BCUT2D eigenvalue weighted by Gasteiger charge is -2.42. The van der Waals surface area contributed by atoms with Crippen LogP contribution in [0.5, 0.6) is 0 Å². The van der Waals surface area contributed by atoms with Crippen molar-refractivity contribution in [1.29, 1.82) is 0 Å². The Balaban J connectivity index is 3.11. The topological polar surface area (TPSA) is 48.1 Å². The second kappa shape index (κ2) is 4.14. The molecule has 0 bridgehead atoms. The van der Waals surface area contributed by atoms with Crippen LogP contribution in [-0.4, -0.2) is 33.6 Å². The lowest BCUT2D eigenvalue weighted by Crippen LogP contribution is -2.53. The van der Waals surface area contributed by atoms with E-state index in [9.17, 15) is 10.1 Å². The normalized spacial score (nSPS) is 12.8. The Morgan fingerprint density at radius 2 is 1.94 bits per heavy atom. The molecular formula is C12H22N3O2+. The van der Waals surface area contributed by atoms with E-state index in [-0.39, 0.29) is 16.1 Å². The van der Waals surface area contributed by atoms with Crippen molar-refractivity contribution in [3.8, 4) is 0 Å². The number of aryl methyl sites for hydroxylation is 1. The Bertz CT molecular complexity index is 427. The highest BCUT2D eigenvalue weighted by molar-refractivity contribution is 5.36. The first-order valence-electron chi connectivity index (χ1n) is 5.68. The molecule has 0 aliphatic carbocycles. The molecule has 0 atom stereocenters. The molecule has 0 spiro atoms. The van der Waals surface area contributed by atoms with Gasteiger partial charge in [-0.3, -0.25) is 10.1 Å². The third-order valence-corrected chi connectivity index (χ3v) is 3.74. The molecule has 1 aromatic rings. The van der Waals surface area contributed by atoms with Gasteiger partial charge in [0.05, 0.1) is 24.6 Å². The molecule has 5 heteroatoms. The Morgan fingerprint density at radius 3 is 2.35 bits per heavy atom. The fourth-order valence-corrected chi connectivity index (χ4v) is 1.52. The van der Waals surface area contributed by atoms with Gasteiger partial charge in [0.15, 0.2) is 5.69 Å². The molecule has 5 nitrogen and oxygen atoms in total. The minimum atomic E-state index is -0.308. The van der Waals surface area contributed by atoms with Crippen LogP contribution in [0, 0.1) is 10.1 Å². The summed E-state index contributed by atoms with van der Waals surface area (Å²) in [4.78, 5) is 10.6. The number of hydrogen-bond donors (Lipinski definition) is 0. The lowest BCUT2D eigenvalue weighted by molar-refractivity contribution is -0.948. The first-order valence-corrected chi connectivity index (χ1v) is 5.68. The number of nitro groups is 1. The maximum Gasteiger partial charge on any atom is 0.295 e. The molecule has 1 heterocycles. The maximum atomic E-state index is 11.0. The maximum absolute atomic E-state index is 11.0. The SMILES string of the molecule is Cn1ccc([N+](=O)[O-])c1C[N+](C)(C)C(C)(C)C. The van der Waals surface area contributed by atoms with Gasteiger partial charge < -0.3 is 9.05 Å². The van der Waals surface area contributed by atoms with E-state index in [0.717, 1.165) is 5.69 Å². The smallest absolute Gasteiger partial charge is 0.295 e. The van der Waals surface area contributed by atoms with Gasteiger partial charge in [-0.05, 0) is 20.8 Å². The molecule has 0 N–H and O–H groups in total. The Hall–Kier alpha value is -1.36. The van der Waals surface area contributed by atoms with Crippen LogP contribution in [0.25, 0.3) is 0 Å². The van der Waals surface area contributed by atoms with Crippen LogP contribution >= 0.6 is 0 Å². The molecule has 0 unspecified atom stereocenters. The molecule has 0 amide bonds. The molecule has 0 fully saturated rings. The van der Waals surface area contributed by atoms with Gasteiger partial charge in [-0.2, -0.15) is 0 Å². The van der Waals surface area contributed by atoms with Crippen molar-refractivity contribution in [2.24, 2.45) is 7.05 Å². The second-order valence-corrected chi connectivity index (χ2v) is 6.03. The summed E-state index contributed by atoms with van der Waals surface area (Å²) in [7, 11) is 6.04. The molecular weight excluding hydrogens is 218 g/mol. The van der Waals surface area contributed by atoms with Gasteiger partial charge in [0.25, 0.3) is 5.69 Å². The van der Waals surface area contributed by atoms with Gasteiger partial charge in [-0.1, -0.05) is 0 Å². The molecule has 0 aliphatic heterocycles. The Morgan fingerprint density at radius 1 is 1.41 bits per heavy atom. The first kappa shape index (κ1) is 13.7. The third-order valence-electron chi connectivity index (χ3n) is 3.74. The van der Waals surface area contributed by atoms with Crippen molar-refractivity contribution in [1.82, 2.24) is 4.57 Å². The zero-order valence-electron chi connectivity index (χ0n) is 11.5. The third kappa shape index (κ3) is 2.66. The van der Waals surface area contributed by atoms with Gasteiger partial charge in [-0.25, -0.2) is 0 Å².